The number of alkyl halides is 1. The third-order valence-corrected chi connectivity index (χ3v) is 8.84. The second-order valence-corrected chi connectivity index (χ2v) is 15.6. The third kappa shape index (κ3) is 12.0. The first-order valence-corrected chi connectivity index (χ1v) is 17.6. The number of aliphatic imine (C=N–C) groups is 1. The van der Waals surface area contributed by atoms with Crippen LogP contribution in [0.5, 0.6) is 0 Å². The predicted octanol–water partition coefficient (Wildman–Crippen LogP) is 6.72. The first-order chi connectivity index (χ1) is 22.5. The van der Waals surface area contributed by atoms with Gasteiger partial charge in [0.15, 0.2) is 0 Å². The van der Waals surface area contributed by atoms with E-state index in [0.29, 0.717) is 42.2 Å². The lowest BCUT2D eigenvalue weighted by atomic mass is 9.82. The molecule has 1 spiro atoms. The number of amides is 2. The fourth-order valence-corrected chi connectivity index (χ4v) is 6.43. The van der Waals surface area contributed by atoms with Crippen molar-refractivity contribution in [3.63, 3.8) is 0 Å². The second kappa shape index (κ2) is 18.3. The number of carbonyl (C=O) groups excluding carboxylic acids is 2. The smallest absolute Gasteiger partial charge is 0.274 e. The Labute approximate surface area is 297 Å². The van der Waals surface area contributed by atoms with Crippen molar-refractivity contribution in [2.45, 2.75) is 111 Å². The molecule has 1 atom stereocenters. The van der Waals surface area contributed by atoms with Crippen LogP contribution in [0, 0.1) is 16.2 Å². The van der Waals surface area contributed by atoms with Gasteiger partial charge in [-0.2, -0.15) is 0 Å². The van der Waals surface area contributed by atoms with Crippen LogP contribution in [0.15, 0.2) is 52.0 Å². The number of hydrogen-bond donors (Lipinski definition) is 5. The summed E-state index contributed by atoms with van der Waals surface area (Å²) in [6, 6.07) is 7.15. The number of hydrogen-bond acceptors (Lipinski definition) is 7. The summed E-state index contributed by atoms with van der Waals surface area (Å²) in [5.41, 5.74) is 7.47. The highest BCUT2D eigenvalue weighted by atomic mass is 35.5. The first-order valence-electron chi connectivity index (χ1n) is 16.7. The molecular formula is C36H57Cl2N7O3. The normalized spacial score (nSPS) is 21.1. The molecule has 10 nitrogen and oxygen atoms in total. The Bertz CT molecular complexity index is 1340. The maximum absolute atomic E-state index is 14.7. The van der Waals surface area contributed by atoms with Crippen LogP contribution in [-0.2, 0) is 9.53 Å². The summed E-state index contributed by atoms with van der Waals surface area (Å²) in [5.74, 6) is 7.76. The molecule has 1 unspecified atom stereocenters. The molecule has 1 saturated carbocycles. The lowest BCUT2D eigenvalue weighted by molar-refractivity contribution is -0.135. The summed E-state index contributed by atoms with van der Waals surface area (Å²) in [5, 5.41) is 10.6. The number of allylic oxidation sites excluding steroid dienone is 3. The molecule has 1 aliphatic carbocycles. The molecule has 1 aromatic rings. The minimum atomic E-state index is -0.717. The molecule has 1 aromatic carbocycles. The second-order valence-electron chi connectivity index (χ2n) is 14.9. The van der Waals surface area contributed by atoms with Gasteiger partial charge in [0, 0.05) is 16.5 Å². The summed E-state index contributed by atoms with van der Waals surface area (Å²) < 4.78 is 6.34. The number of halogens is 2. The van der Waals surface area contributed by atoms with Crippen LogP contribution in [0.1, 0.15) is 115 Å². The highest BCUT2D eigenvalue weighted by Gasteiger charge is 2.52. The Morgan fingerprint density at radius 3 is 2.25 bits per heavy atom. The van der Waals surface area contributed by atoms with Crippen LogP contribution in [-0.4, -0.2) is 59.1 Å². The van der Waals surface area contributed by atoms with Gasteiger partial charge in [-0.15, -0.1) is 11.6 Å². The molecule has 0 bridgehead atoms. The van der Waals surface area contributed by atoms with Gasteiger partial charge < -0.3 is 20.7 Å². The molecule has 1 fully saturated rings. The quantitative estimate of drug-likeness (QED) is 0.0380. The van der Waals surface area contributed by atoms with Crippen LogP contribution >= 0.6 is 23.2 Å². The van der Waals surface area contributed by atoms with Gasteiger partial charge in [0.2, 0.25) is 0 Å². The Morgan fingerprint density at radius 2 is 1.75 bits per heavy atom. The van der Waals surface area contributed by atoms with Crippen LogP contribution in [0.3, 0.4) is 0 Å². The number of rotatable bonds is 13. The fourth-order valence-electron chi connectivity index (χ4n) is 5.98. The standard InChI is InChI=1S/C36H53Cl2N5O3.H4N2/c1-8-24(21-27(38)16-20-37)31-33(45)43(36(42-31)18-13-28(14-19-36)46-23-35(5,6)7)29(15-17-34(2,3)4)25-9-11-26(12-10-25)32(44)41-22-30(39)40;1-2/h9-12,16,21,28-29H,8,13-15,17-20,22-23H2,1-7H3,(H3,39,40)(H,41,44);1-2H2/b24-21+,27-16+;. The van der Waals surface area contributed by atoms with E-state index in [4.69, 9.17) is 44.1 Å². The van der Waals surface area contributed by atoms with E-state index >= 15 is 0 Å². The number of nitrogens with one attached hydrogen (secondary N) is 2. The summed E-state index contributed by atoms with van der Waals surface area (Å²) in [6.07, 6.45) is 8.83. The Hall–Kier alpha value is -2.76. The molecule has 268 valence electrons. The van der Waals surface area contributed by atoms with Crippen LogP contribution in [0.4, 0.5) is 0 Å². The zero-order valence-corrected chi connectivity index (χ0v) is 31.3. The van der Waals surface area contributed by atoms with Gasteiger partial charge in [-0.25, -0.2) is 0 Å². The van der Waals surface area contributed by atoms with Gasteiger partial charge in [-0.3, -0.25) is 31.7 Å². The van der Waals surface area contributed by atoms with E-state index in [1.165, 1.54) is 0 Å². The van der Waals surface area contributed by atoms with E-state index in [1.807, 2.05) is 30.0 Å². The molecule has 0 radical (unpaired) electrons. The number of amidine groups is 1. The van der Waals surface area contributed by atoms with E-state index in [1.54, 1.807) is 18.2 Å². The van der Waals surface area contributed by atoms with E-state index in [-0.39, 0.29) is 53.1 Å². The zero-order chi connectivity index (χ0) is 36.3. The molecular weight excluding hydrogens is 649 g/mol. The number of hydrazine groups is 1. The summed E-state index contributed by atoms with van der Waals surface area (Å²) in [7, 11) is 0. The number of nitrogens with two attached hydrogens (primary N) is 3. The molecule has 0 saturated heterocycles. The van der Waals surface area contributed by atoms with Gasteiger partial charge in [0.1, 0.15) is 17.2 Å². The van der Waals surface area contributed by atoms with Crippen molar-refractivity contribution in [3.05, 3.63) is 58.1 Å². The molecule has 3 rings (SSSR count). The van der Waals surface area contributed by atoms with Crippen molar-refractivity contribution in [2.24, 2.45) is 33.2 Å². The van der Waals surface area contributed by atoms with Gasteiger partial charge in [-0.05, 0) is 85.1 Å². The van der Waals surface area contributed by atoms with E-state index < -0.39 is 5.66 Å². The summed E-state index contributed by atoms with van der Waals surface area (Å²) >= 11 is 12.4. The van der Waals surface area contributed by atoms with Gasteiger partial charge in [-0.1, -0.05) is 78.3 Å². The highest BCUT2D eigenvalue weighted by Crippen LogP contribution is 2.47. The number of nitrogens with zero attached hydrogens (tertiary/aromatic N) is 2. The van der Waals surface area contributed by atoms with Crippen molar-refractivity contribution >= 4 is 46.6 Å². The average molecular weight is 707 g/mol. The lowest BCUT2D eigenvalue weighted by Crippen LogP contribution is -2.51. The van der Waals surface area contributed by atoms with Gasteiger partial charge >= 0.3 is 0 Å². The fraction of sp³-hybridized carbons (Fsp3) is 0.611. The van der Waals surface area contributed by atoms with Crippen LogP contribution < -0.4 is 22.7 Å². The van der Waals surface area contributed by atoms with Crippen LogP contribution in [0.25, 0.3) is 0 Å². The summed E-state index contributed by atoms with van der Waals surface area (Å²) in [6.45, 7) is 15.8. The Balaban J connectivity index is 0.00000392. The third-order valence-electron chi connectivity index (χ3n) is 8.42. The SMILES string of the molecule is CC/C(=C\C(Cl)=C/CCl)C1=NC2(CCC(OCC(C)(C)C)CC2)N(C(CCC(C)(C)C)c2ccc(C(=O)NCC(=N)N)cc2)C1=O.NN. The van der Waals surface area contributed by atoms with Gasteiger partial charge in [0.05, 0.1) is 25.3 Å². The van der Waals surface area contributed by atoms with Crippen molar-refractivity contribution in [3.8, 4) is 0 Å². The van der Waals surface area contributed by atoms with Gasteiger partial charge in [0.25, 0.3) is 11.8 Å². The molecule has 48 heavy (non-hydrogen) atoms. The van der Waals surface area contributed by atoms with Crippen LogP contribution in [0.2, 0.25) is 0 Å². The molecule has 0 aromatic heterocycles. The molecule has 2 amide bonds. The molecule has 12 heteroatoms. The lowest BCUT2D eigenvalue weighted by Gasteiger charge is -2.46. The number of ether oxygens (including phenoxy) is 1. The minimum Gasteiger partial charge on any atom is -0.386 e. The molecule has 1 aliphatic heterocycles. The zero-order valence-electron chi connectivity index (χ0n) is 29.8. The topological polar surface area (TPSA) is 173 Å². The summed E-state index contributed by atoms with van der Waals surface area (Å²) in [4.78, 5) is 34.7. The monoisotopic (exact) mass is 705 g/mol. The average Bonchev–Trinajstić information content (AvgIpc) is 3.29. The largest absolute Gasteiger partial charge is 0.386 e. The maximum Gasteiger partial charge on any atom is 0.274 e. The van der Waals surface area contributed by atoms with Crippen molar-refractivity contribution in [2.75, 3.05) is 19.0 Å². The highest BCUT2D eigenvalue weighted by molar-refractivity contribution is 6.47. The number of benzene rings is 1. The van der Waals surface area contributed by atoms with Crippen molar-refractivity contribution in [1.29, 1.82) is 5.41 Å². The number of carbonyl (C=O) groups is 2. The molecule has 2 aliphatic rings. The minimum absolute atomic E-state index is 0.0163. The maximum atomic E-state index is 14.7. The van der Waals surface area contributed by atoms with E-state index in [9.17, 15) is 9.59 Å². The molecule has 1 heterocycles. The molecule has 8 N–H and O–H groups in total. The van der Waals surface area contributed by atoms with E-state index in [0.717, 1.165) is 36.8 Å². The predicted molar refractivity (Wildman–Crippen MR) is 198 cm³/mol. The van der Waals surface area contributed by atoms with Crippen molar-refractivity contribution in [1.82, 2.24) is 10.2 Å². The Morgan fingerprint density at radius 1 is 1.15 bits per heavy atom. The Kier molecular flexibility index (Phi) is 15.8. The van der Waals surface area contributed by atoms with E-state index in [2.05, 4.69) is 58.5 Å². The first kappa shape index (κ1) is 41.4. The van der Waals surface area contributed by atoms with Crippen molar-refractivity contribution < 1.29 is 14.3 Å².